The van der Waals surface area contributed by atoms with Crippen molar-refractivity contribution >= 4 is 21.7 Å². The van der Waals surface area contributed by atoms with Gasteiger partial charge in [-0.05, 0) is 18.9 Å². The van der Waals surface area contributed by atoms with E-state index in [1.54, 1.807) is 10.6 Å². The molecule has 1 aromatic heterocycles. The zero-order valence-electron chi connectivity index (χ0n) is 9.73. The first-order valence-corrected chi connectivity index (χ1v) is 6.69. The van der Waals surface area contributed by atoms with E-state index in [-0.39, 0.29) is 5.56 Å². The maximum atomic E-state index is 11.8. The first kappa shape index (κ1) is 11.3. The summed E-state index contributed by atoms with van der Waals surface area (Å²) in [6, 6.07) is 4.48. The third kappa shape index (κ3) is 1.81. The molecule has 0 amide bonds. The highest BCUT2D eigenvalue weighted by Gasteiger charge is 2.38. The van der Waals surface area contributed by atoms with E-state index in [1.807, 2.05) is 13.1 Å². The van der Waals surface area contributed by atoms with Gasteiger partial charge in [-0.3, -0.25) is 9.36 Å². The normalized spacial score (nSPS) is 27.5. The van der Waals surface area contributed by atoms with Crippen molar-refractivity contribution in [3.63, 3.8) is 0 Å². The minimum Gasteiger partial charge on any atom is -0.377 e. The van der Waals surface area contributed by atoms with Crippen LogP contribution in [0.1, 0.15) is 12.8 Å². The summed E-state index contributed by atoms with van der Waals surface area (Å²) in [5.41, 5.74) is 0.0280. The van der Waals surface area contributed by atoms with Crippen LogP contribution in [0.3, 0.4) is 0 Å². The number of fused-ring (bicyclic) bond motifs is 2. The third-order valence-corrected chi connectivity index (χ3v) is 4.17. The summed E-state index contributed by atoms with van der Waals surface area (Å²) < 4.78 is 8.14. The molecule has 4 nitrogen and oxygen atoms in total. The maximum absolute atomic E-state index is 11.8. The molecule has 0 radical (unpaired) electrons. The highest BCUT2D eigenvalue weighted by atomic mass is 79.9. The van der Waals surface area contributed by atoms with Crippen LogP contribution in [0, 0.1) is 0 Å². The number of hydrogen-bond donors (Lipinski definition) is 0. The first-order valence-electron chi connectivity index (χ1n) is 5.89. The number of morpholine rings is 1. The molecule has 2 fully saturated rings. The third-order valence-electron chi connectivity index (χ3n) is 3.71. The lowest BCUT2D eigenvalue weighted by molar-refractivity contribution is 0.0898. The van der Waals surface area contributed by atoms with E-state index in [0.29, 0.717) is 12.1 Å². The van der Waals surface area contributed by atoms with Crippen molar-refractivity contribution in [2.45, 2.75) is 24.9 Å². The van der Waals surface area contributed by atoms with E-state index in [0.717, 1.165) is 36.3 Å². The van der Waals surface area contributed by atoms with Crippen molar-refractivity contribution in [3.8, 4) is 0 Å². The van der Waals surface area contributed by atoms with Crippen LogP contribution in [0.4, 0.5) is 5.82 Å². The van der Waals surface area contributed by atoms with E-state index in [9.17, 15) is 4.79 Å². The van der Waals surface area contributed by atoms with E-state index < -0.39 is 0 Å². The van der Waals surface area contributed by atoms with Gasteiger partial charge in [0.15, 0.2) is 0 Å². The molecule has 1 aromatic rings. The standard InChI is InChI=1S/C12H15BrN2O2/c1-14-11(4-8(13)5-12(14)16)15-9-2-3-10(15)7-17-6-9/h4-5,9-10H,2-3,6-7H2,1H3. The average Bonchev–Trinajstić information content (AvgIpc) is 2.54. The molecule has 2 aliphatic heterocycles. The molecule has 2 saturated heterocycles. The second kappa shape index (κ2) is 4.14. The topological polar surface area (TPSA) is 34.5 Å². The smallest absolute Gasteiger partial charge is 0.252 e. The number of nitrogens with zero attached hydrogens (tertiary/aromatic N) is 2. The SMILES string of the molecule is Cn1c(N2C3CCC2COC3)cc(Br)cc1=O. The molecule has 3 rings (SSSR count). The molecule has 5 heteroatoms. The Morgan fingerprint density at radius 2 is 1.94 bits per heavy atom. The minimum absolute atomic E-state index is 0.0280. The van der Waals surface area contributed by atoms with Crippen LogP contribution in [0.5, 0.6) is 0 Å². The number of anilines is 1. The molecule has 2 atom stereocenters. The molecule has 2 bridgehead atoms. The molecule has 0 spiro atoms. The first-order chi connectivity index (χ1) is 8.16. The molecule has 3 heterocycles. The molecule has 0 aliphatic carbocycles. The fourth-order valence-corrected chi connectivity index (χ4v) is 3.24. The van der Waals surface area contributed by atoms with Crippen molar-refractivity contribution in [1.29, 1.82) is 0 Å². The maximum Gasteiger partial charge on any atom is 0.252 e. The lowest BCUT2D eigenvalue weighted by atomic mass is 10.2. The molecular formula is C12H15BrN2O2. The van der Waals surface area contributed by atoms with Crippen LogP contribution < -0.4 is 10.5 Å². The molecule has 92 valence electrons. The number of ether oxygens (including phenoxy) is 1. The van der Waals surface area contributed by atoms with Gasteiger partial charge in [0.1, 0.15) is 5.82 Å². The van der Waals surface area contributed by atoms with Gasteiger partial charge in [-0.15, -0.1) is 0 Å². The number of hydrogen-bond acceptors (Lipinski definition) is 3. The second-order valence-corrected chi connectivity index (χ2v) is 5.67. The van der Waals surface area contributed by atoms with Crippen LogP contribution in [-0.2, 0) is 11.8 Å². The molecule has 17 heavy (non-hydrogen) atoms. The van der Waals surface area contributed by atoms with Gasteiger partial charge in [-0.1, -0.05) is 15.9 Å². The average molecular weight is 299 g/mol. The molecule has 0 saturated carbocycles. The summed E-state index contributed by atoms with van der Waals surface area (Å²) in [7, 11) is 1.83. The van der Waals surface area contributed by atoms with Crippen LogP contribution in [0.15, 0.2) is 21.4 Å². The van der Waals surface area contributed by atoms with Crippen LogP contribution >= 0.6 is 15.9 Å². The Bertz CT molecular complexity index is 484. The Labute approximate surface area is 108 Å². The van der Waals surface area contributed by atoms with Gasteiger partial charge in [0.25, 0.3) is 5.56 Å². The lowest BCUT2D eigenvalue weighted by Gasteiger charge is -2.37. The molecule has 2 unspecified atom stereocenters. The summed E-state index contributed by atoms with van der Waals surface area (Å²) in [5, 5.41) is 0. The van der Waals surface area contributed by atoms with Gasteiger partial charge < -0.3 is 9.64 Å². The Morgan fingerprint density at radius 3 is 2.59 bits per heavy atom. The predicted octanol–water partition coefficient (Wildman–Crippen LogP) is 1.52. The fourth-order valence-electron chi connectivity index (χ4n) is 2.84. The molecular weight excluding hydrogens is 284 g/mol. The van der Waals surface area contributed by atoms with Crippen molar-refractivity contribution < 1.29 is 4.74 Å². The van der Waals surface area contributed by atoms with Crippen molar-refractivity contribution in [2.24, 2.45) is 7.05 Å². The minimum atomic E-state index is 0.0280. The fraction of sp³-hybridized carbons (Fsp3) is 0.583. The Hall–Kier alpha value is -0.810. The monoisotopic (exact) mass is 298 g/mol. The number of rotatable bonds is 1. The van der Waals surface area contributed by atoms with E-state index in [1.165, 1.54) is 0 Å². The summed E-state index contributed by atoms with van der Waals surface area (Å²) in [5.74, 6) is 1.00. The highest BCUT2D eigenvalue weighted by Crippen LogP contribution is 2.33. The summed E-state index contributed by atoms with van der Waals surface area (Å²) >= 11 is 3.40. The zero-order chi connectivity index (χ0) is 12.0. The predicted molar refractivity (Wildman–Crippen MR) is 69.5 cm³/mol. The van der Waals surface area contributed by atoms with E-state index in [2.05, 4.69) is 20.8 Å². The molecule has 0 N–H and O–H groups in total. The van der Waals surface area contributed by atoms with Gasteiger partial charge in [0, 0.05) is 17.6 Å². The Morgan fingerprint density at radius 1 is 1.29 bits per heavy atom. The highest BCUT2D eigenvalue weighted by molar-refractivity contribution is 9.10. The van der Waals surface area contributed by atoms with E-state index in [4.69, 9.17) is 4.74 Å². The van der Waals surface area contributed by atoms with Gasteiger partial charge in [-0.25, -0.2) is 0 Å². The van der Waals surface area contributed by atoms with Gasteiger partial charge in [0.05, 0.1) is 25.3 Å². The van der Waals surface area contributed by atoms with Crippen LogP contribution in [0.25, 0.3) is 0 Å². The largest absolute Gasteiger partial charge is 0.377 e. The van der Waals surface area contributed by atoms with Crippen molar-refractivity contribution in [2.75, 3.05) is 18.1 Å². The second-order valence-electron chi connectivity index (χ2n) is 4.76. The molecule has 0 aromatic carbocycles. The molecule has 2 aliphatic rings. The van der Waals surface area contributed by atoms with Gasteiger partial charge in [-0.2, -0.15) is 0 Å². The quantitative estimate of drug-likeness (QED) is 0.788. The van der Waals surface area contributed by atoms with Gasteiger partial charge >= 0.3 is 0 Å². The van der Waals surface area contributed by atoms with E-state index >= 15 is 0 Å². The van der Waals surface area contributed by atoms with Crippen LogP contribution in [-0.4, -0.2) is 29.9 Å². The lowest BCUT2D eigenvalue weighted by Crippen LogP contribution is -2.47. The van der Waals surface area contributed by atoms with Gasteiger partial charge in [0.2, 0.25) is 0 Å². The summed E-state index contributed by atoms with van der Waals surface area (Å²) in [4.78, 5) is 14.2. The summed E-state index contributed by atoms with van der Waals surface area (Å²) in [6.07, 6.45) is 2.32. The van der Waals surface area contributed by atoms with Crippen molar-refractivity contribution in [1.82, 2.24) is 4.57 Å². The zero-order valence-corrected chi connectivity index (χ0v) is 11.3. The number of pyridine rings is 1. The Kier molecular flexibility index (Phi) is 2.75. The number of halogens is 1. The van der Waals surface area contributed by atoms with Crippen molar-refractivity contribution in [3.05, 3.63) is 27.0 Å². The van der Waals surface area contributed by atoms with Crippen LogP contribution in [0.2, 0.25) is 0 Å². The Balaban J connectivity index is 2.07. The summed E-state index contributed by atoms with van der Waals surface area (Å²) in [6.45, 7) is 1.55. The number of aromatic nitrogens is 1.